The van der Waals surface area contributed by atoms with Gasteiger partial charge in [0.15, 0.2) is 4.34 Å². The van der Waals surface area contributed by atoms with E-state index in [1.54, 1.807) is 30.3 Å². The molecule has 2 heterocycles. The second-order valence-electron chi connectivity index (χ2n) is 6.72. The van der Waals surface area contributed by atoms with Gasteiger partial charge in [-0.1, -0.05) is 41.3 Å². The van der Waals surface area contributed by atoms with Gasteiger partial charge >= 0.3 is 0 Å². The molecule has 6 nitrogen and oxygen atoms in total. The Bertz CT molecular complexity index is 991. The smallest absolute Gasteiger partial charge is 0.257 e. The summed E-state index contributed by atoms with van der Waals surface area (Å²) in [6.07, 6.45) is 2.18. The zero-order valence-electron chi connectivity index (χ0n) is 16.0. The molecule has 9 heteroatoms. The van der Waals surface area contributed by atoms with Crippen LogP contribution in [0.2, 0.25) is 0 Å². The number of amides is 1. The molecule has 4 rings (SSSR count). The first kappa shape index (κ1) is 20.8. The average molecular weight is 446 g/mol. The summed E-state index contributed by atoms with van der Waals surface area (Å²) >= 11 is 2.78. The van der Waals surface area contributed by atoms with Crippen LogP contribution in [0.3, 0.4) is 0 Å². The van der Waals surface area contributed by atoms with Crippen molar-refractivity contribution in [2.75, 3.05) is 18.5 Å². The third kappa shape index (κ3) is 5.78. The SMILES string of the molecule is O=C(Nc1nnc(SCc2ccc(F)cc2)s1)c1cccc(OCC2CCCO2)c1. The molecule has 0 saturated carbocycles. The van der Waals surface area contributed by atoms with Gasteiger partial charge in [0.2, 0.25) is 5.13 Å². The lowest BCUT2D eigenvalue weighted by Crippen LogP contribution is -2.17. The number of hydrogen-bond donors (Lipinski definition) is 1. The predicted molar refractivity (Wildman–Crippen MR) is 115 cm³/mol. The molecule has 1 aliphatic heterocycles. The van der Waals surface area contributed by atoms with Crippen molar-refractivity contribution in [2.45, 2.75) is 29.0 Å². The number of rotatable bonds is 8. The van der Waals surface area contributed by atoms with Crippen molar-refractivity contribution in [3.05, 3.63) is 65.5 Å². The molecule has 1 fully saturated rings. The summed E-state index contributed by atoms with van der Waals surface area (Å²) in [6, 6.07) is 13.4. The van der Waals surface area contributed by atoms with Gasteiger partial charge in [0.1, 0.15) is 18.2 Å². The Labute approximate surface area is 181 Å². The lowest BCUT2D eigenvalue weighted by Gasteiger charge is -2.12. The number of carbonyl (C=O) groups is 1. The zero-order chi connectivity index (χ0) is 20.8. The molecule has 156 valence electrons. The first-order chi connectivity index (χ1) is 14.7. The topological polar surface area (TPSA) is 73.3 Å². The minimum absolute atomic E-state index is 0.120. The monoisotopic (exact) mass is 445 g/mol. The van der Waals surface area contributed by atoms with E-state index in [4.69, 9.17) is 9.47 Å². The van der Waals surface area contributed by atoms with Crippen LogP contribution in [0.1, 0.15) is 28.8 Å². The highest BCUT2D eigenvalue weighted by Gasteiger charge is 2.17. The van der Waals surface area contributed by atoms with Gasteiger partial charge in [-0.25, -0.2) is 4.39 Å². The summed E-state index contributed by atoms with van der Waals surface area (Å²) in [5.74, 6) is 0.744. The predicted octanol–water partition coefficient (Wildman–Crippen LogP) is 4.78. The van der Waals surface area contributed by atoms with Crippen molar-refractivity contribution >= 4 is 34.1 Å². The first-order valence-corrected chi connectivity index (χ1v) is 11.3. The summed E-state index contributed by atoms with van der Waals surface area (Å²) in [4.78, 5) is 12.6. The summed E-state index contributed by atoms with van der Waals surface area (Å²) in [5, 5.41) is 11.3. The van der Waals surface area contributed by atoms with Crippen molar-refractivity contribution in [1.82, 2.24) is 10.2 Å². The third-order valence-electron chi connectivity index (χ3n) is 4.46. The van der Waals surface area contributed by atoms with Crippen molar-refractivity contribution in [1.29, 1.82) is 0 Å². The van der Waals surface area contributed by atoms with Crippen molar-refractivity contribution < 1.29 is 18.7 Å². The molecule has 1 amide bonds. The molecule has 3 aromatic rings. The molecule has 0 bridgehead atoms. The average Bonchev–Trinajstić information content (AvgIpc) is 3.44. The normalized spacial score (nSPS) is 15.8. The highest BCUT2D eigenvalue weighted by atomic mass is 32.2. The fraction of sp³-hybridized carbons (Fsp3) is 0.286. The van der Waals surface area contributed by atoms with E-state index < -0.39 is 0 Å². The number of thioether (sulfide) groups is 1. The summed E-state index contributed by atoms with van der Waals surface area (Å²) in [6.45, 7) is 1.26. The molecule has 1 saturated heterocycles. The largest absolute Gasteiger partial charge is 0.491 e. The van der Waals surface area contributed by atoms with Crippen LogP contribution in [0.4, 0.5) is 9.52 Å². The van der Waals surface area contributed by atoms with E-state index in [0.29, 0.717) is 28.8 Å². The Morgan fingerprint density at radius 1 is 1.27 bits per heavy atom. The Balaban J connectivity index is 1.30. The zero-order valence-corrected chi connectivity index (χ0v) is 17.7. The van der Waals surface area contributed by atoms with Crippen LogP contribution < -0.4 is 10.1 Å². The molecule has 2 aromatic carbocycles. The van der Waals surface area contributed by atoms with Crippen LogP contribution in [0, 0.1) is 5.82 Å². The minimum Gasteiger partial charge on any atom is -0.491 e. The molecule has 1 aromatic heterocycles. The molecule has 1 N–H and O–H groups in total. The number of ether oxygens (including phenoxy) is 2. The van der Waals surface area contributed by atoms with E-state index in [0.717, 1.165) is 29.4 Å². The van der Waals surface area contributed by atoms with Crippen molar-refractivity contribution in [2.24, 2.45) is 0 Å². The molecule has 0 aliphatic carbocycles. The molecule has 1 unspecified atom stereocenters. The van der Waals surface area contributed by atoms with Crippen LogP contribution in [-0.4, -0.2) is 35.4 Å². The van der Waals surface area contributed by atoms with E-state index in [9.17, 15) is 9.18 Å². The third-order valence-corrected chi connectivity index (χ3v) is 6.50. The van der Waals surface area contributed by atoms with Gasteiger partial charge in [0.25, 0.3) is 5.91 Å². The number of nitrogens with zero attached hydrogens (tertiary/aromatic N) is 2. The van der Waals surface area contributed by atoms with Gasteiger partial charge < -0.3 is 9.47 Å². The summed E-state index contributed by atoms with van der Waals surface area (Å²) < 4.78 is 25.0. The maximum absolute atomic E-state index is 13.0. The molecule has 0 radical (unpaired) electrons. The standard InChI is InChI=1S/C21H20FN3O3S2/c22-16-8-6-14(7-9-16)13-29-21-25-24-20(30-21)23-19(26)15-3-1-4-17(11-15)28-12-18-5-2-10-27-18/h1,3-4,6-9,11,18H,2,5,10,12-13H2,(H,23,24,26). The number of hydrogen-bond acceptors (Lipinski definition) is 7. The van der Waals surface area contributed by atoms with Gasteiger partial charge in [-0.15, -0.1) is 10.2 Å². The van der Waals surface area contributed by atoms with Crippen molar-refractivity contribution in [3.8, 4) is 5.75 Å². The Morgan fingerprint density at radius 2 is 2.13 bits per heavy atom. The molecular formula is C21H20FN3O3S2. The van der Waals surface area contributed by atoms with E-state index in [2.05, 4.69) is 15.5 Å². The minimum atomic E-state index is -0.274. The summed E-state index contributed by atoms with van der Waals surface area (Å²) in [5.41, 5.74) is 1.47. The number of benzene rings is 2. The highest BCUT2D eigenvalue weighted by Crippen LogP contribution is 2.28. The van der Waals surface area contributed by atoms with Gasteiger partial charge in [-0.2, -0.15) is 0 Å². The quantitative estimate of drug-likeness (QED) is 0.397. The van der Waals surface area contributed by atoms with Crippen LogP contribution in [-0.2, 0) is 10.5 Å². The van der Waals surface area contributed by atoms with Crippen LogP contribution >= 0.6 is 23.1 Å². The fourth-order valence-electron chi connectivity index (χ4n) is 2.91. The van der Waals surface area contributed by atoms with E-state index >= 15 is 0 Å². The van der Waals surface area contributed by atoms with Crippen molar-refractivity contribution in [3.63, 3.8) is 0 Å². The fourth-order valence-corrected chi connectivity index (χ4v) is 4.61. The molecular weight excluding hydrogens is 425 g/mol. The number of halogens is 1. The Hall–Kier alpha value is -2.49. The van der Waals surface area contributed by atoms with Gasteiger partial charge in [-0.05, 0) is 48.7 Å². The number of anilines is 1. The van der Waals surface area contributed by atoms with Crippen LogP contribution in [0.25, 0.3) is 0 Å². The lowest BCUT2D eigenvalue weighted by atomic mass is 10.2. The van der Waals surface area contributed by atoms with Gasteiger partial charge in [-0.3, -0.25) is 10.1 Å². The van der Waals surface area contributed by atoms with Gasteiger partial charge in [0, 0.05) is 17.9 Å². The Morgan fingerprint density at radius 3 is 2.93 bits per heavy atom. The maximum atomic E-state index is 13.0. The van der Waals surface area contributed by atoms with E-state index in [-0.39, 0.29) is 17.8 Å². The summed E-state index contributed by atoms with van der Waals surface area (Å²) in [7, 11) is 0. The highest BCUT2D eigenvalue weighted by molar-refractivity contribution is 8.00. The molecule has 1 atom stereocenters. The van der Waals surface area contributed by atoms with Crippen LogP contribution in [0.15, 0.2) is 52.9 Å². The molecule has 1 aliphatic rings. The lowest BCUT2D eigenvalue weighted by molar-refractivity contribution is 0.0679. The van der Waals surface area contributed by atoms with Crippen LogP contribution in [0.5, 0.6) is 5.75 Å². The second kappa shape index (κ2) is 10.0. The Kier molecular flexibility index (Phi) is 6.93. The number of nitrogens with one attached hydrogen (secondary N) is 1. The van der Waals surface area contributed by atoms with E-state index in [1.165, 1.54) is 35.2 Å². The molecule has 0 spiro atoms. The number of carbonyl (C=O) groups excluding carboxylic acids is 1. The first-order valence-electron chi connectivity index (χ1n) is 9.52. The number of aromatic nitrogens is 2. The second-order valence-corrected chi connectivity index (χ2v) is 8.92. The maximum Gasteiger partial charge on any atom is 0.257 e. The van der Waals surface area contributed by atoms with Gasteiger partial charge in [0.05, 0.1) is 6.10 Å². The van der Waals surface area contributed by atoms with E-state index in [1.807, 2.05) is 6.07 Å². The molecule has 30 heavy (non-hydrogen) atoms.